The summed E-state index contributed by atoms with van der Waals surface area (Å²) < 4.78 is 0. The first-order valence-electron chi connectivity index (χ1n) is 6.90. The van der Waals surface area contributed by atoms with Gasteiger partial charge in [0.2, 0.25) is 0 Å². The smallest absolute Gasteiger partial charge is 0.0583 e. The lowest BCUT2D eigenvalue weighted by Gasteiger charge is -2.11. The molecule has 0 aliphatic carbocycles. The molecule has 2 aromatic rings. The van der Waals surface area contributed by atoms with Crippen LogP contribution in [0.2, 0.25) is 0 Å². The van der Waals surface area contributed by atoms with Crippen molar-refractivity contribution in [3.05, 3.63) is 59.7 Å². The average Bonchev–Trinajstić information content (AvgIpc) is 2.38. The molecule has 0 aromatic heterocycles. The maximum atomic E-state index is 2.31. The van der Waals surface area contributed by atoms with Gasteiger partial charge in [-0.1, -0.05) is 49.2 Å². The molecule has 19 heavy (non-hydrogen) atoms. The van der Waals surface area contributed by atoms with E-state index < -0.39 is 0 Å². The molecule has 0 fully saturated rings. The Kier molecular flexibility index (Phi) is 4.71. The predicted molar refractivity (Wildman–Crippen MR) is 86.0 cm³/mol. The molecular formula is C18H23S+. The Balaban J connectivity index is 2.35. The van der Waals surface area contributed by atoms with Crippen LogP contribution in [-0.4, -0.2) is 5.75 Å². The number of rotatable bonds is 4. The predicted octanol–water partition coefficient (Wildman–Crippen LogP) is 5.00. The molecule has 0 N–H and O–H groups in total. The monoisotopic (exact) mass is 271 g/mol. The van der Waals surface area contributed by atoms with Gasteiger partial charge < -0.3 is 0 Å². The van der Waals surface area contributed by atoms with Crippen LogP contribution in [0.15, 0.2) is 58.3 Å². The minimum absolute atomic E-state index is 0.202. The number of hydrogen-bond acceptors (Lipinski definition) is 0. The van der Waals surface area contributed by atoms with Crippen molar-refractivity contribution in [3.8, 4) is 0 Å². The SMILES string of the molecule is Cc1ccc([S+](CC(C)C)c2ccc(C)cc2)cc1. The molecule has 0 nitrogen and oxygen atoms in total. The van der Waals surface area contributed by atoms with E-state index in [9.17, 15) is 0 Å². The number of benzene rings is 2. The molecule has 2 rings (SSSR count). The van der Waals surface area contributed by atoms with E-state index >= 15 is 0 Å². The molecule has 0 amide bonds. The Morgan fingerprint density at radius 1 is 0.737 bits per heavy atom. The maximum Gasteiger partial charge on any atom is 0.160 e. The molecule has 0 aliphatic heterocycles. The first kappa shape index (κ1) is 14.2. The van der Waals surface area contributed by atoms with E-state index in [1.807, 2.05) is 0 Å². The highest BCUT2D eigenvalue weighted by Crippen LogP contribution is 2.26. The van der Waals surface area contributed by atoms with Crippen LogP contribution in [0.3, 0.4) is 0 Å². The van der Waals surface area contributed by atoms with Crippen molar-refractivity contribution in [3.63, 3.8) is 0 Å². The van der Waals surface area contributed by atoms with Crippen LogP contribution in [0, 0.1) is 19.8 Å². The van der Waals surface area contributed by atoms with Crippen molar-refractivity contribution in [2.24, 2.45) is 5.92 Å². The minimum Gasteiger partial charge on any atom is -0.0583 e. The van der Waals surface area contributed by atoms with E-state index in [1.165, 1.54) is 26.7 Å². The topological polar surface area (TPSA) is 0 Å². The van der Waals surface area contributed by atoms with Gasteiger partial charge in [-0.05, 0) is 44.0 Å². The second kappa shape index (κ2) is 6.29. The highest BCUT2D eigenvalue weighted by Gasteiger charge is 2.26. The third-order valence-corrected chi connectivity index (χ3v) is 5.79. The van der Waals surface area contributed by atoms with Crippen LogP contribution >= 0.6 is 0 Å². The van der Waals surface area contributed by atoms with E-state index in [0.717, 1.165) is 0 Å². The van der Waals surface area contributed by atoms with Gasteiger partial charge >= 0.3 is 0 Å². The first-order valence-corrected chi connectivity index (χ1v) is 8.30. The van der Waals surface area contributed by atoms with Crippen LogP contribution in [-0.2, 0) is 10.9 Å². The van der Waals surface area contributed by atoms with Crippen LogP contribution in [0.25, 0.3) is 0 Å². The molecule has 0 heterocycles. The summed E-state index contributed by atoms with van der Waals surface area (Å²) in [6, 6.07) is 18.1. The highest BCUT2D eigenvalue weighted by molar-refractivity contribution is 7.97. The van der Waals surface area contributed by atoms with Crippen molar-refractivity contribution in [1.82, 2.24) is 0 Å². The Bertz CT molecular complexity index is 463. The third kappa shape index (κ3) is 3.87. The molecule has 2 aromatic carbocycles. The maximum absolute atomic E-state index is 2.31. The van der Waals surface area contributed by atoms with Gasteiger partial charge in [-0.3, -0.25) is 0 Å². The molecular weight excluding hydrogens is 248 g/mol. The Hall–Kier alpha value is -1.21. The number of hydrogen-bond donors (Lipinski definition) is 0. The van der Waals surface area contributed by atoms with Crippen molar-refractivity contribution < 1.29 is 0 Å². The molecule has 0 aliphatic rings. The van der Waals surface area contributed by atoms with Crippen molar-refractivity contribution in [2.45, 2.75) is 37.5 Å². The summed E-state index contributed by atoms with van der Waals surface area (Å²) >= 11 is 0. The third-order valence-electron chi connectivity index (χ3n) is 3.11. The zero-order valence-corrected chi connectivity index (χ0v) is 13.1. The average molecular weight is 271 g/mol. The Labute approximate surface area is 120 Å². The van der Waals surface area contributed by atoms with Gasteiger partial charge in [0.05, 0.1) is 10.9 Å². The van der Waals surface area contributed by atoms with Crippen molar-refractivity contribution in [1.29, 1.82) is 0 Å². The van der Waals surface area contributed by atoms with Gasteiger partial charge in [-0.2, -0.15) is 0 Å². The van der Waals surface area contributed by atoms with Crippen molar-refractivity contribution >= 4 is 10.9 Å². The summed E-state index contributed by atoms with van der Waals surface area (Å²) in [4.78, 5) is 2.92. The molecule has 0 spiro atoms. The lowest BCUT2D eigenvalue weighted by Crippen LogP contribution is -2.13. The van der Waals surface area contributed by atoms with Gasteiger partial charge in [-0.25, -0.2) is 0 Å². The fraction of sp³-hybridized carbons (Fsp3) is 0.333. The Morgan fingerprint density at radius 3 is 1.42 bits per heavy atom. The summed E-state index contributed by atoms with van der Waals surface area (Å²) in [5.41, 5.74) is 2.67. The second-order valence-corrected chi connectivity index (χ2v) is 7.63. The zero-order chi connectivity index (χ0) is 13.8. The molecule has 0 atom stereocenters. The van der Waals surface area contributed by atoms with Gasteiger partial charge in [0.25, 0.3) is 0 Å². The normalized spacial score (nSPS) is 11.3. The van der Waals surface area contributed by atoms with Crippen LogP contribution < -0.4 is 0 Å². The van der Waals surface area contributed by atoms with Crippen LogP contribution in [0.4, 0.5) is 0 Å². The molecule has 0 saturated carbocycles. The quantitative estimate of drug-likeness (QED) is 0.687. The van der Waals surface area contributed by atoms with Gasteiger partial charge in [-0.15, -0.1) is 0 Å². The summed E-state index contributed by atoms with van der Waals surface area (Å²) in [6.07, 6.45) is 0. The van der Waals surface area contributed by atoms with Gasteiger partial charge in [0.1, 0.15) is 5.75 Å². The molecule has 0 radical (unpaired) electrons. The molecule has 0 bridgehead atoms. The highest BCUT2D eigenvalue weighted by atomic mass is 32.2. The van der Waals surface area contributed by atoms with E-state index in [0.29, 0.717) is 5.92 Å². The summed E-state index contributed by atoms with van der Waals surface area (Å²) in [5, 5.41) is 0. The molecule has 0 saturated heterocycles. The van der Waals surface area contributed by atoms with Crippen LogP contribution in [0.5, 0.6) is 0 Å². The van der Waals surface area contributed by atoms with Crippen LogP contribution in [0.1, 0.15) is 25.0 Å². The first-order chi connectivity index (χ1) is 9.06. The van der Waals surface area contributed by atoms with Gasteiger partial charge in [0.15, 0.2) is 9.79 Å². The summed E-state index contributed by atoms with van der Waals surface area (Å²) in [5.74, 6) is 1.94. The summed E-state index contributed by atoms with van der Waals surface area (Å²) in [6.45, 7) is 8.91. The summed E-state index contributed by atoms with van der Waals surface area (Å²) in [7, 11) is 0.202. The standard InChI is InChI=1S/C18H23S/c1-14(2)13-19(17-9-5-15(3)6-10-17)18-11-7-16(4)8-12-18/h5-12,14H,13H2,1-4H3/q+1. The fourth-order valence-electron chi connectivity index (χ4n) is 2.07. The molecule has 0 unspecified atom stereocenters. The van der Waals surface area contributed by atoms with Gasteiger partial charge in [0, 0.05) is 0 Å². The fourth-order valence-corrected chi connectivity index (χ4v) is 4.32. The van der Waals surface area contributed by atoms with E-state index in [1.54, 1.807) is 0 Å². The van der Waals surface area contributed by atoms with E-state index in [4.69, 9.17) is 0 Å². The lowest BCUT2D eigenvalue weighted by molar-refractivity contribution is 0.745. The second-order valence-electron chi connectivity index (χ2n) is 5.58. The van der Waals surface area contributed by atoms with Crippen molar-refractivity contribution in [2.75, 3.05) is 5.75 Å². The minimum atomic E-state index is 0.202. The lowest BCUT2D eigenvalue weighted by atomic mass is 10.2. The van der Waals surface area contributed by atoms with E-state index in [2.05, 4.69) is 76.2 Å². The zero-order valence-electron chi connectivity index (χ0n) is 12.3. The largest absolute Gasteiger partial charge is 0.160 e. The number of aryl methyl sites for hydroxylation is 2. The molecule has 1 heteroatoms. The van der Waals surface area contributed by atoms with E-state index in [-0.39, 0.29) is 10.9 Å². The molecule has 100 valence electrons. The Morgan fingerprint density at radius 2 is 1.11 bits per heavy atom.